The molecule has 2 heteroatoms. The lowest BCUT2D eigenvalue weighted by Crippen LogP contribution is -2.15. The number of aldehydes is 1. The first-order valence-electron chi connectivity index (χ1n) is 4.53. The van der Waals surface area contributed by atoms with E-state index in [-0.39, 0.29) is 17.4 Å². The summed E-state index contributed by atoms with van der Waals surface area (Å²) < 4.78 is 0. The van der Waals surface area contributed by atoms with Gasteiger partial charge in [-0.15, -0.1) is 0 Å². The fourth-order valence-electron chi connectivity index (χ4n) is 1.70. The van der Waals surface area contributed by atoms with E-state index in [0.29, 0.717) is 17.8 Å². The van der Waals surface area contributed by atoms with Crippen molar-refractivity contribution in [1.82, 2.24) is 0 Å². The second kappa shape index (κ2) is 7.83. The SMILES string of the molecule is CC(C)C(CCC=O)C(C)C.[AlH3]. The third-order valence-corrected chi connectivity index (χ3v) is 2.33. The molecule has 0 aliphatic carbocycles. The molecule has 0 N–H and O–H groups in total. The highest BCUT2D eigenvalue weighted by molar-refractivity contribution is 5.75. The van der Waals surface area contributed by atoms with E-state index in [1.54, 1.807) is 0 Å². The molecule has 0 saturated carbocycles. The molecule has 0 atom stereocenters. The molecule has 1 nitrogen and oxygen atoms in total. The van der Waals surface area contributed by atoms with Gasteiger partial charge in [-0.2, -0.15) is 0 Å². The highest BCUT2D eigenvalue weighted by Gasteiger charge is 2.16. The Morgan fingerprint density at radius 3 is 1.75 bits per heavy atom. The van der Waals surface area contributed by atoms with Crippen LogP contribution in [0.15, 0.2) is 0 Å². The second-order valence-electron chi connectivity index (χ2n) is 3.90. The van der Waals surface area contributed by atoms with E-state index in [9.17, 15) is 4.79 Å². The third-order valence-electron chi connectivity index (χ3n) is 2.33. The molecule has 12 heavy (non-hydrogen) atoms. The van der Waals surface area contributed by atoms with Gasteiger partial charge >= 0.3 is 0 Å². The zero-order valence-electron chi connectivity index (χ0n) is 8.13. The maximum absolute atomic E-state index is 10.2. The molecular weight excluding hydrogens is 163 g/mol. The van der Waals surface area contributed by atoms with Crippen molar-refractivity contribution in [3.8, 4) is 0 Å². The van der Waals surface area contributed by atoms with E-state index >= 15 is 0 Å². The van der Waals surface area contributed by atoms with Gasteiger partial charge in [0.25, 0.3) is 0 Å². The zero-order valence-corrected chi connectivity index (χ0v) is 8.13. The van der Waals surface area contributed by atoms with Gasteiger partial charge in [-0.25, -0.2) is 0 Å². The average molecular weight is 186 g/mol. The topological polar surface area (TPSA) is 17.1 Å². The van der Waals surface area contributed by atoms with E-state index in [1.807, 2.05) is 0 Å². The Morgan fingerprint density at radius 1 is 1.08 bits per heavy atom. The molecule has 0 radical (unpaired) electrons. The average Bonchev–Trinajstić information content (AvgIpc) is 1.87. The summed E-state index contributed by atoms with van der Waals surface area (Å²) in [5, 5.41) is 0. The van der Waals surface area contributed by atoms with Gasteiger partial charge in [-0.05, 0) is 24.2 Å². The van der Waals surface area contributed by atoms with Crippen LogP contribution in [0.4, 0.5) is 0 Å². The molecule has 0 aliphatic rings. The third kappa shape index (κ3) is 5.80. The van der Waals surface area contributed by atoms with E-state index in [1.165, 1.54) is 0 Å². The van der Waals surface area contributed by atoms with Gasteiger partial charge < -0.3 is 4.79 Å². The Labute approximate surface area is 87.1 Å². The van der Waals surface area contributed by atoms with E-state index in [4.69, 9.17) is 0 Å². The molecule has 0 heterocycles. The minimum atomic E-state index is 0. The standard InChI is InChI=1S/C10H20O.Al.3H/c1-8(2)10(9(3)4)6-5-7-11;;;;/h7-10H,5-6H2,1-4H3;;;;. The normalized spacial score (nSPS) is 10.6. The van der Waals surface area contributed by atoms with Crippen molar-refractivity contribution in [3.05, 3.63) is 0 Å². The number of hydrogen-bond acceptors (Lipinski definition) is 1. The molecule has 0 aromatic rings. The summed E-state index contributed by atoms with van der Waals surface area (Å²) >= 11 is 0. The molecule has 0 unspecified atom stereocenters. The Morgan fingerprint density at radius 2 is 1.50 bits per heavy atom. The lowest BCUT2D eigenvalue weighted by molar-refractivity contribution is -0.108. The van der Waals surface area contributed by atoms with Crippen LogP contribution in [-0.2, 0) is 4.79 Å². The first-order valence-corrected chi connectivity index (χ1v) is 4.53. The highest BCUT2D eigenvalue weighted by Crippen LogP contribution is 2.24. The summed E-state index contributed by atoms with van der Waals surface area (Å²) in [5.74, 6) is 2.12. The van der Waals surface area contributed by atoms with Crippen LogP contribution >= 0.6 is 0 Å². The number of hydrogen-bond donors (Lipinski definition) is 0. The lowest BCUT2D eigenvalue weighted by atomic mass is 9.82. The van der Waals surface area contributed by atoms with Crippen molar-refractivity contribution in [2.24, 2.45) is 17.8 Å². The van der Waals surface area contributed by atoms with Crippen molar-refractivity contribution < 1.29 is 4.79 Å². The van der Waals surface area contributed by atoms with Gasteiger partial charge in [0.2, 0.25) is 0 Å². The number of rotatable bonds is 5. The summed E-state index contributed by atoms with van der Waals surface area (Å²) in [6.45, 7) is 8.93. The molecule has 0 aliphatic heterocycles. The highest BCUT2D eigenvalue weighted by atomic mass is 27.0. The van der Waals surface area contributed by atoms with Gasteiger partial charge in [0.05, 0.1) is 0 Å². The smallest absolute Gasteiger partial charge is 0.187 e. The molecule has 0 aromatic carbocycles. The van der Waals surface area contributed by atoms with E-state index in [0.717, 1.165) is 19.1 Å². The fourth-order valence-corrected chi connectivity index (χ4v) is 1.70. The van der Waals surface area contributed by atoms with Crippen LogP contribution in [0, 0.1) is 17.8 Å². The van der Waals surface area contributed by atoms with Gasteiger partial charge in [-0.1, -0.05) is 27.7 Å². The second-order valence-corrected chi connectivity index (χ2v) is 3.90. The predicted molar refractivity (Wildman–Crippen MR) is 58.4 cm³/mol. The lowest BCUT2D eigenvalue weighted by Gasteiger charge is -2.23. The van der Waals surface area contributed by atoms with Crippen molar-refractivity contribution in [2.45, 2.75) is 40.5 Å². The molecule has 0 fully saturated rings. The molecule has 0 rings (SSSR count). The van der Waals surface area contributed by atoms with Crippen molar-refractivity contribution in [2.75, 3.05) is 0 Å². The Balaban J connectivity index is 0. The van der Waals surface area contributed by atoms with Crippen LogP contribution in [0.3, 0.4) is 0 Å². The van der Waals surface area contributed by atoms with Crippen LogP contribution in [0.25, 0.3) is 0 Å². The maximum atomic E-state index is 10.2. The van der Waals surface area contributed by atoms with Crippen LogP contribution < -0.4 is 0 Å². The van der Waals surface area contributed by atoms with Gasteiger partial charge in [0.1, 0.15) is 6.29 Å². The Bertz CT molecular complexity index is 102. The first kappa shape index (κ1) is 14.7. The van der Waals surface area contributed by atoms with Gasteiger partial charge in [0, 0.05) is 6.42 Å². The van der Waals surface area contributed by atoms with Crippen molar-refractivity contribution in [3.63, 3.8) is 0 Å². The summed E-state index contributed by atoms with van der Waals surface area (Å²) in [4.78, 5) is 10.2. The first-order chi connectivity index (χ1) is 5.09. The van der Waals surface area contributed by atoms with Crippen LogP contribution in [0.2, 0.25) is 0 Å². The quantitative estimate of drug-likeness (QED) is 0.472. The minimum absolute atomic E-state index is 0. The van der Waals surface area contributed by atoms with E-state index < -0.39 is 0 Å². The number of carbonyl (C=O) groups is 1. The fraction of sp³-hybridized carbons (Fsp3) is 0.900. The molecule has 0 bridgehead atoms. The van der Waals surface area contributed by atoms with Crippen molar-refractivity contribution >= 4 is 23.6 Å². The summed E-state index contributed by atoms with van der Waals surface area (Å²) in [7, 11) is 0. The number of carbonyl (C=O) groups excluding carboxylic acids is 1. The molecule has 72 valence electrons. The molecule has 0 amide bonds. The van der Waals surface area contributed by atoms with Crippen LogP contribution in [0.5, 0.6) is 0 Å². The largest absolute Gasteiger partial charge is 0.303 e. The predicted octanol–water partition coefficient (Wildman–Crippen LogP) is 1.71. The molecule has 0 saturated heterocycles. The van der Waals surface area contributed by atoms with Gasteiger partial charge in [-0.3, -0.25) is 0 Å². The molecule has 0 spiro atoms. The van der Waals surface area contributed by atoms with E-state index in [2.05, 4.69) is 27.7 Å². The summed E-state index contributed by atoms with van der Waals surface area (Å²) in [5.41, 5.74) is 0. The van der Waals surface area contributed by atoms with Gasteiger partial charge in [0.15, 0.2) is 17.4 Å². The Kier molecular flexibility index (Phi) is 9.60. The Hall–Kier alpha value is 0.202. The molecule has 0 aromatic heterocycles. The zero-order chi connectivity index (χ0) is 8.85. The van der Waals surface area contributed by atoms with Crippen LogP contribution in [0.1, 0.15) is 40.5 Å². The minimum Gasteiger partial charge on any atom is -0.303 e. The monoisotopic (exact) mass is 186 g/mol. The molecular formula is C10H23AlO. The maximum Gasteiger partial charge on any atom is 0.187 e. The van der Waals surface area contributed by atoms with Crippen molar-refractivity contribution in [1.29, 1.82) is 0 Å². The van der Waals surface area contributed by atoms with Crippen LogP contribution in [-0.4, -0.2) is 23.6 Å². The summed E-state index contributed by atoms with van der Waals surface area (Å²) in [6, 6.07) is 0. The summed E-state index contributed by atoms with van der Waals surface area (Å²) in [6.07, 6.45) is 2.80.